The van der Waals surface area contributed by atoms with E-state index in [1.165, 1.54) is 5.92 Å². The molecule has 0 amide bonds. The van der Waals surface area contributed by atoms with Crippen molar-refractivity contribution in [3.63, 3.8) is 0 Å². The van der Waals surface area contributed by atoms with E-state index in [2.05, 4.69) is 0 Å². The first-order chi connectivity index (χ1) is 5.39. The van der Waals surface area contributed by atoms with Gasteiger partial charge in [-0.2, -0.15) is 0 Å². The lowest BCUT2D eigenvalue weighted by atomic mass is 9.70. The maximum absolute atomic E-state index is 1.62. The zero-order chi connectivity index (χ0) is 7.31. The molecule has 0 heteroatoms. The van der Waals surface area contributed by atoms with Crippen LogP contribution in [0.5, 0.6) is 0 Å². The molecule has 0 aliphatic heterocycles. The van der Waals surface area contributed by atoms with Gasteiger partial charge in [0.2, 0.25) is 0 Å². The summed E-state index contributed by atoms with van der Waals surface area (Å²) in [6.45, 7) is 0. The van der Waals surface area contributed by atoms with E-state index >= 15 is 0 Å². The summed E-state index contributed by atoms with van der Waals surface area (Å²) in [7, 11) is 0. The molecule has 3 aliphatic rings. The topological polar surface area (TPSA) is 0 Å². The molecule has 0 heterocycles. The first-order valence-corrected chi connectivity index (χ1v) is 5.39. The Labute approximate surface area is 69.4 Å². The van der Waals surface area contributed by atoms with Crippen LogP contribution < -0.4 is 0 Å². The van der Waals surface area contributed by atoms with Crippen molar-refractivity contribution in [3.05, 3.63) is 0 Å². The number of hydrogen-bond acceptors (Lipinski definition) is 0. The molecule has 3 atom stereocenters. The third kappa shape index (κ3) is 0.761. The maximum Gasteiger partial charge on any atom is -0.0266 e. The molecule has 0 aromatic carbocycles. The van der Waals surface area contributed by atoms with Gasteiger partial charge in [0, 0.05) is 0 Å². The average molecular weight is 150 g/mol. The molecule has 0 nitrogen and oxygen atoms in total. The molecule has 0 aromatic heterocycles. The Balaban J connectivity index is 1.94. The standard InChI is InChI=1S/C11H18/c1-2-10-4-3-9-5-7-11(10,6-1)8-9/h9-10H,1-8H2. The van der Waals surface area contributed by atoms with E-state index in [9.17, 15) is 0 Å². The predicted molar refractivity (Wildman–Crippen MR) is 46.3 cm³/mol. The smallest absolute Gasteiger partial charge is 0.0266 e. The molecule has 3 fully saturated rings. The van der Waals surface area contributed by atoms with Crippen LogP contribution in [0.1, 0.15) is 51.4 Å². The van der Waals surface area contributed by atoms with Gasteiger partial charge < -0.3 is 0 Å². The van der Waals surface area contributed by atoms with Crippen LogP contribution in [0.15, 0.2) is 0 Å². The minimum Gasteiger partial charge on any atom is -0.0525 e. The molecule has 3 rings (SSSR count). The highest BCUT2D eigenvalue weighted by atomic mass is 14.5. The fraction of sp³-hybridized carbons (Fsp3) is 1.00. The van der Waals surface area contributed by atoms with Gasteiger partial charge in [-0.1, -0.05) is 12.8 Å². The van der Waals surface area contributed by atoms with Crippen LogP contribution in [0.2, 0.25) is 0 Å². The molecule has 11 heavy (non-hydrogen) atoms. The van der Waals surface area contributed by atoms with Gasteiger partial charge in [0.1, 0.15) is 0 Å². The summed E-state index contributed by atoms with van der Waals surface area (Å²) in [6, 6.07) is 0. The molecule has 1 spiro atoms. The fourth-order valence-electron chi connectivity index (χ4n) is 4.21. The summed E-state index contributed by atoms with van der Waals surface area (Å²) in [5, 5.41) is 0. The lowest BCUT2D eigenvalue weighted by molar-refractivity contribution is 0.148. The Morgan fingerprint density at radius 3 is 2.91 bits per heavy atom. The highest BCUT2D eigenvalue weighted by Crippen LogP contribution is 2.61. The summed E-state index contributed by atoms with van der Waals surface area (Å²) in [5.74, 6) is 2.32. The summed E-state index contributed by atoms with van der Waals surface area (Å²) < 4.78 is 0. The van der Waals surface area contributed by atoms with Crippen molar-refractivity contribution in [2.75, 3.05) is 0 Å². The van der Waals surface area contributed by atoms with Crippen LogP contribution in [0.3, 0.4) is 0 Å². The lowest BCUT2D eigenvalue weighted by Gasteiger charge is -2.35. The number of hydrogen-bond donors (Lipinski definition) is 0. The van der Waals surface area contributed by atoms with Gasteiger partial charge in [0.15, 0.2) is 0 Å². The Kier molecular flexibility index (Phi) is 1.20. The van der Waals surface area contributed by atoms with E-state index in [4.69, 9.17) is 0 Å². The molecule has 62 valence electrons. The molecule has 0 aromatic rings. The van der Waals surface area contributed by atoms with Crippen LogP contribution >= 0.6 is 0 Å². The van der Waals surface area contributed by atoms with Crippen molar-refractivity contribution in [3.8, 4) is 0 Å². The molecule has 3 aliphatic carbocycles. The van der Waals surface area contributed by atoms with E-state index in [0.717, 1.165) is 11.3 Å². The second-order valence-electron chi connectivity index (χ2n) is 5.14. The third-order valence-electron chi connectivity index (χ3n) is 4.76. The molecule has 0 N–H and O–H groups in total. The van der Waals surface area contributed by atoms with E-state index in [1.807, 2.05) is 0 Å². The third-order valence-corrected chi connectivity index (χ3v) is 4.76. The highest BCUT2D eigenvalue weighted by Gasteiger charge is 2.50. The fourth-order valence-corrected chi connectivity index (χ4v) is 4.21. The largest absolute Gasteiger partial charge is 0.0525 e. The van der Waals surface area contributed by atoms with E-state index in [0.29, 0.717) is 0 Å². The minimum atomic E-state index is 0.906. The average Bonchev–Trinajstić information content (AvgIpc) is 2.58. The van der Waals surface area contributed by atoms with Crippen molar-refractivity contribution in [2.45, 2.75) is 51.4 Å². The van der Waals surface area contributed by atoms with Crippen LogP contribution in [-0.2, 0) is 0 Å². The van der Waals surface area contributed by atoms with Gasteiger partial charge in [0.25, 0.3) is 0 Å². The Bertz CT molecular complexity index is 171. The van der Waals surface area contributed by atoms with Crippen molar-refractivity contribution in [1.82, 2.24) is 0 Å². The van der Waals surface area contributed by atoms with Gasteiger partial charge >= 0.3 is 0 Å². The predicted octanol–water partition coefficient (Wildman–Crippen LogP) is 3.37. The summed E-state index contributed by atoms with van der Waals surface area (Å²) in [6.07, 6.45) is 12.7. The number of fused-ring (bicyclic) bond motifs is 1. The van der Waals surface area contributed by atoms with Gasteiger partial charge in [0.05, 0.1) is 0 Å². The Hall–Kier alpha value is 0. The monoisotopic (exact) mass is 150 g/mol. The van der Waals surface area contributed by atoms with Crippen LogP contribution in [0.4, 0.5) is 0 Å². The molecule has 0 saturated heterocycles. The highest BCUT2D eigenvalue weighted by molar-refractivity contribution is 5.01. The minimum absolute atomic E-state index is 0.906. The van der Waals surface area contributed by atoms with Crippen molar-refractivity contribution >= 4 is 0 Å². The van der Waals surface area contributed by atoms with Crippen LogP contribution in [0.25, 0.3) is 0 Å². The SMILES string of the molecule is C1CC2CCC3CCC2(C1)C3. The molecular formula is C11H18. The first-order valence-electron chi connectivity index (χ1n) is 5.39. The van der Waals surface area contributed by atoms with Gasteiger partial charge in [-0.05, 0) is 55.8 Å². The Morgan fingerprint density at radius 1 is 0.909 bits per heavy atom. The lowest BCUT2D eigenvalue weighted by Crippen LogP contribution is -2.25. The zero-order valence-corrected chi connectivity index (χ0v) is 7.31. The zero-order valence-electron chi connectivity index (χ0n) is 7.31. The molecule has 3 saturated carbocycles. The summed E-state index contributed by atoms with van der Waals surface area (Å²) >= 11 is 0. The van der Waals surface area contributed by atoms with Gasteiger partial charge in [-0.25, -0.2) is 0 Å². The number of rotatable bonds is 0. The van der Waals surface area contributed by atoms with Crippen molar-refractivity contribution < 1.29 is 0 Å². The summed E-state index contributed by atoms with van der Waals surface area (Å²) in [4.78, 5) is 0. The Morgan fingerprint density at radius 2 is 1.91 bits per heavy atom. The second-order valence-corrected chi connectivity index (χ2v) is 5.14. The molecule has 0 radical (unpaired) electrons. The quantitative estimate of drug-likeness (QED) is 0.496. The van der Waals surface area contributed by atoms with Crippen LogP contribution in [0, 0.1) is 17.3 Å². The second kappa shape index (κ2) is 2.02. The van der Waals surface area contributed by atoms with E-state index in [-0.39, 0.29) is 0 Å². The molecule has 2 bridgehead atoms. The van der Waals surface area contributed by atoms with E-state index < -0.39 is 0 Å². The van der Waals surface area contributed by atoms with E-state index in [1.54, 1.807) is 51.4 Å². The van der Waals surface area contributed by atoms with Gasteiger partial charge in [-0.15, -0.1) is 0 Å². The molecule has 3 unspecified atom stereocenters. The van der Waals surface area contributed by atoms with Gasteiger partial charge in [-0.3, -0.25) is 0 Å². The normalized spacial score (nSPS) is 54.5. The summed E-state index contributed by atoms with van der Waals surface area (Å²) in [5.41, 5.74) is 0.906. The maximum atomic E-state index is 1.62. The van der Waals surface area contributed by atoms with Crippen molar-refractivity contribution in [1.29, 1.82) is 0 Å². The molecular weight excluding hydrogens is 132 g/mol. The first kappa shape index (κ1) is 6.51. The van der Waals surface area contributed by atoms with Crippen LogP contribution in [-0.4, -0.2) is 0 Å². The van der Waals surface area contributed by atoms with Crippen molar-refractivity contribution in [2.24, 2.45) is 17.3 Å².